The Hall–Kier alpha value is -1.02. The summed E-state index contributed by atoms with van der Waals surface area (Å²) in [5, 5.41) is 0. The monoisotopic (exact) mass is 304 g/mol. The molecule has 0 N–H and O–H groups in total. The summed E-state index contributed by atoms with van der Waals surface area (Å²) < 4.78 is 5.39. The molecule has 1 aliphatic carbocycles. The van der Waals surface area contributed by atoms with Crippen molar-refractivity contribution in [3.05, 3.63) is 58.5 Å². The maximum Gasteiger partial charge on any atom is 0.101 e. The van der Waals surface area contributed by atoms with E-state index in [1.165, 1.54) is 47.9 Å². The highest BCUT2D eigenvalue weighted by Gasteiger charge is 2.16. The summed E-state index contributed by atoms with van der Waals surface area (Å²) in [5.41, 5.74) is 5.59. The van der Waals surface area contributed by atoms with Gasteiger partial charge in [0.05, 0.1) is 11.1 Å². The van der Waals surface area contributed by atoms with Crippen molar-refractivity contribution in [1.82, 2.24) is 0 Å². The molecule has 0 fully saturated rings. The Morgan fingerprint density at radius 2 is 1.83 bits per heavy atom. The Balaban J connectivity index is 1.92. The van der Waals surface area contributed by atoms with Crippen LogP contribution in [0.2, 0.25) is 0 Å². The van der Waals surface area contributed by atoms with E-state index >= 15 is 0 Å². The third-order valence-electron chi connectivity index (χ3n) is 3.71. The average molecular weight is 305 g/mol. The van der Waals surface area contributed by atoms with Gasteiger partial charge < -0.3 is 4.42 Å². The molecule has 0 bridgehead atoms. The van der Waals surface area contributed by atoms with E-state index in [-0.39, 0.29) is 4.83 Å². The van der Waals surface area contributed by atoms with Gasteiger partial charge in [0.15, 0.2) is 0 Å². The van der Waals surface area contributed by atoms with E-state index in [0.29, 0.717) is 0 Å². The van der Waals surface area contributed by atoms with Crippen LogP contribution in [0.3, 0.4) is 0 Å². The van der Waals surface area contributed by atoms with E-state index in [1.807, 2.05) is 13.2 Å². The van der Waals surface area contributed by atoms with Crippen LogP contribution in [0.15, 0.2) is 34.9 Å². The molecule has 0 aliphatic heterocycles. The second-order valence-electron chi connectivity index (χ2n) is 5.09. The second-order valence-corrected chi connectivity index (χ2v) is 6.00. The van der Waals surface area contributed by atoms with Gasteiger partial charge in [0.2, 0.25) is 0 Å². The van der Waals surface area contributed by atoms with Crippen LogP contribution in [0.25, 0.3) is 0 Å². The van der Waals surface area contributed by atoms with Gasteiger partial charge in [0, 0.05) is 5.56 Å². The minimum Gasteiger partial charge on any atom is -0.469 e. The smallest absolute Gasteiger partial charge is 0.101 e. The zero-order valence-electron chi connectivity index (χ0n) is 10.6. The molecule has 2 aromatic rings. The lowest BCUT2D eigenvalue weighted by Crippen LogP contribution is -2.04. The van der Waals surface area contributed by atoms with Crippen LogP contribution in [-0.2, 0) is 12.8 Å². The summed E-state index contributed by atoms with van der Waals surface area (Å²) in [6, 6.07) is 8.99. The Labute approximate surface area is 116 Å². The second kappa shape index (κ2) is 4.93. The largest absolute Gasteiger partial charge is 0.469 e. The summed E-state index contributed by atoms with van der Waals surface area (Å²) >= 11 is 3.78. The highest BCUT2D eigenvalue weighted by Crippen LogP contribution is 2.34. The van der Waals surface area contributed by atoms with Gasteiger partial charge >= 0.3 is 0 Å². The van der Waals surface area contributed by atoms with Crippen LogP contribution >= 0.6 is 15.9 Å². The number of aryl methyl sites for hydroxylation is 3. The Kier molecular flexibility index (Phi) is 3.29. The van der Waals surface area contributed by atoms with Crippen molar-refractivity contribution in [2.24, 2.45) is 0 Å². The SMILES string of the molecule is Cc1cc(C(Br)c2ccc3c(c2)CCCC3)co1. The van der Waals surface area contributed by atoms with E-state index < -0.39 is 0 Å². The number of hydrogen-bond donors (Lipinski definition) is 0. The van der Waals surface area contributed by atoms with Crippen LogP contribution in [0.1, 0.15) is 45.7 Å². The first-order valence-corrected chi connectivity index (χ1v) is 7.46. The van der Waals surface area contributed by atoms with Crippen molar-refractivity contribution in [2.75, 3.05) is 0 Å². The fraction of sp³-hybridized carbons (Fsp3) is 0.375. The number of furan rings is 1. The summed E-state index contributed by atoms with van der Waals surface area (Å²) in [6.07, 6.45) is 6.98. The lowest BCUT2D eigenvalue weighted by atomic mass is 9.89. The van der Waals surface area contributed by atoms with E-state index in [1.54, 1.807) is 0 Å². The molecule has 2 heteroatoms. The van der Waals surface area contributed by atoms with Crippen molar-refractivity contribution in [1.29, 1.82) is 0 Å². The molecule has 0 saturated carbocycles. The van der Waals surface area contributed by atoms with Gasteiger partial charge in [-0.05, 0) is 55.4 Å². The van der Waals surface area contributed by atoms with Gasteiger partial charge in [-0.15, -0.1) is 0 Å². The van der Waals surface area contributed by atoms with Gasteiger partial charge in [0.25, 0.3) is 0 Å². The molecule has 1 nitrogen and oxygen atoms in total. The number of halogens is 1. The Morgan fingerprint density at radius 1 is 1.06 bits per heavy atom. The van der Waals surface area contributed by atoms with Gasteiger partial charge in [-0.1, -0.05) is 34.1 Å². The fourth-order valence-corrected chi connectivity index (χ4v) is 3.22. The molecule has 0 saturated heterocycles. The molecule has 1 aromatic carbocycles. The van der Waals surface area contributed by atoms with Gasteiger partial charge in [-0.25, -0.2) is 0 Å². The highest BCUT2D eigenvalue weighted by atomic mass is 79.9. The van der Waals surface area contributed by atoms with Gasteiger partial charge in [0.1, 0.15) is 5.76 Å². The molecule has 1 aromatic heterocycles. The molecule has 0 amide bonds. The van der Waals surface area contributed by atoms with Crippen molar-refractivity contribution in [2.45, 2.75) is 37.4 Å². The minimum atomic E-state index is 0.238. The molecule has 1 atom stereocenters. The first-order valence-electron chi connectivity index (χ1n) is 6.55. The first-order chi connectivity index (χ1) is 8.74. The third kappa shape index (κ3) is 2.26. The third-order valence-corrected chi connectivity index (χ3v) is 4.77. The standard InChI is InChI=1S/C16H17BrO/c1-11-8-15(10-18-11)16(17)14-7-6-12-4-2-3-5-13(12)9-14/h6-10,16H,2-5H2,1H3. The lowest BCUT2D eigenvalue weighted by molar-refractivity contribution is 0.532. The first kappa shape index (κ1) is 12.0. The van der Waals surface area contributed by atoms with Crippen molar-refractivity contribution >= 4 is 15.9 Å². The number of hydrogen-bond acceptors (Lipinski definition) is 1. The zero-order valence-corrected chi connectivity index (χ0v) is 12.2. The number of rotatable bonds is 2. The molecule has 0 spiro atoms. The predicted molar refractivity (Wildman–Crippen MR) is 77.3 cm³/mol. The molecular weight excluding hydrogens is 288 g/mol. The van der Waals surface area contributed by atoms with Gasteiger partial charge in [-0.3, -0.25) is 0 Å². The quantitative estimate of drug-likeness (QED) is 0.715. The van der Waals surface area contributed by atoms with Crippen LogP contribution < -0.4 is 0 Å². The molecule has 3 rings (SSSR count). The Bertz CT molecular complexity index is 556. The van der Waals surface area contributed by atoms with Crippen molar-refractivity contribution < 1.29 is 4.42 Å². The fourth-order valence-electron chi connectivity index (χ4n) is 2.70. The molecule has 0 radical (unpaired) electrons. The van der Waals surface area contributed by atoms with Crippen LogP contribution in [0.5, 0.6) is 0 Å². The molecule has 94 valence electrons. The molecule has 1 unspecified atom stereocenters. The number of alkyl halides is 1. The molecule has 18 heavy (non-hydrogen) atoms. The van der Waals surface area contributed by atoms with E-state index in [0.717, 1.165) is 5.76 Å². The normalized spacial score (nSPS) is 16.3. The van der Waals surface area contributed by atoms with E-state index in [4.69, 9.17) is 4.42 Å². The summed E-state index contributed by atoms with van der Waals surface area (Å²) in [5.74, 6) is 0.965. The number of benzene rings is 1. The minimum absolute atomic E-state index is 0.238. The summed E-state index contributed by atoms with van der Waals surface area (Å²) in [6.45, 7) is 1.98. The zero-order chi connectivity index (χ0) is 12.5. The average Bonchev–Trinajstić information content (AvgIpc) is 2.84. The Morgan fingerprint density at radius 3 is 2.56 bits per heavy atom. The summed E-state index contributed by atoms with van der Waals surface area (Å²) in [7, 11) is 0. The lowest BCUT2D eigenvalue weighted by Gasteiger charge is -2.18. The van der Waals surface area contributed by atoms with E-state index in [9.17, 15) is 0 Å². The number of fused-ring (bicyclic) bond motifs is 1. The summed E-state index contributed by atoms with van der Waals surface area (Å²) in [4.78, 5) is 0.238. The maximum absolute atomic E-state index is 5.39. The van der Waals surface area contributed by atoms with Crippen molar-refractivity contribution in [3.8, 4) is 0 Å². The molecule has 1 aliphatic rings. The van der Waals surface area contributed by atoms with Crippen molar-refractivity contribution in [3.63, 3.8) is 0 Å². The van der Waals surface area contributed by atoms with E-state index in [2.05, 4.69) is 40.2 Å². The highest BCUT2D eigenvalue weighted by molar-refractivity contribution is 9.09. The molecular formula is C16H17BrO. The van der Waals surface area contributed by atoms with Gasteiger partial charge in [-0.2, -0.15) is 0 Å². The van der Waals surface area contributed by atoms with Crippen LogP contribution in [0.4, 0.5) is 0 Å². The van der Waals surface area contributed by atoms with Crippen LogP contribution in [0, 0.1) is 6.92 Å². The topological polar surface area (TPSA) is 13.1 Å². The predicted octanol–water partition coefficient (Wildman–Crippen LogP) is 4.95. The van der Waals surface area contributed by atoms with Crippen LogP contribution in [-0.4, -0.2) is 0 Å². The molecule has 1 heterocycles. The maximum atomic E-state index is 5.39.